The summed E-state index contributed by atoms with van der Waals surface area (Å²) < 4.78 is 17.3. The highest BCUT2D eigenvalue weighted by atomic mass is 28.4. The van der Waals surface area contributed by atoms with Crippen molar-refractivity contribution >= 4 is 14.9 Å². The predicted octanol–water partition coefficient (Wildman–Crippen LogP) is 3.60. The van der Waals surface area contributed by atoms with E-state index in [0.29, 0.717) is 19.8 Å². The third kappa shape index (κ3) is 4.91. The van der Waals surface area contributed by atoms with Crippen LogP contribution in [-0.4, -0.2) is 28.6 Å². The van der Waals surface area contributed by atoms with Crippen molar-refractivity contribution in [1.29, 1.82) is 0 Å². The molecule has 0 atom stereocenters. The van der Waals surface area contributed by atoms with E-state index in [-0.39, 0.29) is 0 Å². The van der Waals surface area contributed by atoms with Gasteiger partial charge in [-0.3, -0.25) is 0 Å². The van der Waals surface area contributed by atoms with Crippen molar-refractivity contribution in [3.05, 3.63) is 41.1 Å². The van der Waals surface area contributed by atoms with E-state index >= 15 is 0 Å². The van der Waals surface area contributed by atoms with Crippen LogP contribution < -0.4 is 0 Å². The molecule has 0 unspecified atom stereocenters. The van der Waals surface area contributed by atoms with Gasteiger partial charge in [-0.1, -0.05) is 30.3 Å². The van der Waals surface area contributed by atoms with E-state index in [4.69, 9.17) is 13.3 Å². The van der Waals surface area contributed by atoms with Gasteiger partial charge in [-0.2, -0.15) is 0 Å². The average molecular weight is 280 g/mol. The van der Waals surface area contributed by atoms with Crippen LogP contribution in [0.1, 0.15) is 31.9 Å². The summed E-state index contributed by atoms with van der Waals surface area (Å²) in [6, 6.07) is 8.22. The first-order valence-corrected chi connectivity index (χ1v) is 8.64. The first-order chi connectivity index (χ1) is 9.17. The van der Waals surface area contributed by atoms with Crippen molar-refractivity contribution in [2.24, 2.45) is 0 Å². The van der Waals surface area contributed by atoms with E-state index in [1.54, 1.807) is 0 Å². The van der Waals surface area contributed by atoms with Crippen molar-refractivity contribution in [3.8, 4) is 0 Å². The van der Waals surface area contributed by atoms with Crippen molar-refractivity contribution in [1.82, 2.24) is 0 Å². The molecule has 0 radical (unpaired) electrons. The van der Waals surface area contributed by atoms with Crippen molar-refractivity contribution in [2.75, 3.05) is 19.8 Å². The number of rotatable bonds is 8. The highest BCUT2D eigenvalue weighted by molar-refractivity contribution is 6.67. The summed E-state index contributed by atoms with van der Waals surface area (Å²) in [5.74, 6) is 0. The van der Waals surface area contributed by atoms with Gasteiger partial charge in [0.1, 0.15) is 0 Å². The Balaban J connectivity index is 2.95. The maximum Gasteiger partial charge on any atom is 0.529 e. The zero-order chi connectivity index (χ0) is 14.1. The summed E-state index contributed by atoms with van der Waals surface area (Å²) in [5, 5.41) is 0. The first kappa shape index (κ1) is 16.1. The number of aryl methyl sites for hydroxylation is 1. The standard InChI is InChI=1S/C15H24O3Si/c1-5-16-19(17-6-2,18-7-3)13-12-15-11-9-8-10-14(15)4/h8-13H,5-7H2,1-4H3/b13-12+. The lowest BCUT2D eigenvalue weighted by atomic mass is 10.1. The molecule has 0 spiro atoms. The van der Waals surface area contributed by atoms with Crippen LogP contribution in [0.25, 0.3) is 6.08 Å². The molecule has 0 aliphatic rings. The molecule has 0 saturated heterocycles. The summed E-state index contributed by atoms with van der Waals surface area (Å²) in [4.78, 5) is 0. The van der Waals surface area contributed by atoms with Gasteiger partial charge in [-0.15, -0.1) is 0 Å². The lowest BCUT2D eigenvalue weighted by Crippen LogP contribution is -2.44. The zero-order valence-electron chi connectivity index (χ0n) is 12.3. The van der Waals surface area contributed by atoms with Gasteiger partial charge < -0.3 is 13.3 Å². The molecule has 0 aliphatic carbocycles. The number of hydrogen-bond donors (Lipinski definition) is 0. The Kier molecular flexibility index (Phi) is 7.01. The van der Waals surface area contributed by atoms with Crippen molar-refractivity contribution in [2.45, 2.75) is 27.7 Å². The fourth-order valence-corrected chi connectivity index (χ4v) is 3.97. The molecule has 4 heteroatoms. The number of benzene rings is 1. The third-order valence-corrected chi connectivity index (χ3v) is 5.34. The lowest BCUT2D eigenvalue weighted by Gasteiger charge is -2.25. The lowest BCUT2D eigenvalue weighted by molar-refractivity contribution is 0.0845. The Bertz CT molecular complexity index is 387. The second-order valence-corrected chi connectivity index (χ2v) is 6.50. The van der Waals surface area contributed by atoms with E-state index in [9.17, 15) is 0 Å². The van der Waals surface area contributed by atoms with E-state index in [2.05, 4.69) is 19.1 Å². The van der Waals surface area contributed by atoms with Gasteiger partial charge in [0.15, 0.2) is 0 Å². The molecule has 19 heavy (non-hydrogen) atoms. The third-order valence-electron chi connectivity index (χ3n) is 2.69. The molecule has 0 aromatic heterocycles. The molecule has 0 amide bonds. The topological polar surface area (TPSA) is 27.7 Å². The summed E-state index contributed by atoms with van der Waals surface area (Å²) >= 11 is 0. The van der Waals surface area contributed by atoms with Gasteiger partial charge in [0.05, 0.1) is 0 Å². The molecule has 0 fully saturated rings. The first-order valence-electron chi connectivity index (χ1n) is 6.84. The van der Waals surface area contributed by atoms with Crippen LogP contribution in [0.3, 0.4) is 0 Å². The summed E-state index contributed by atoms with van der Waals surface area (Å²) in [6.45, 7) is 9.73. The molecule has 0 heterocycles. The Morgan fingerprint density at radius 2 is 1.47 bits per heavy atom. The Hall–Kier alpha value is -0.943. The smallest absolute Gasteiger partial charge is 0.371 e. The predicted molar refractivity (Wildman–Crippen MR) is 80.8 cm³/mol. The molecule has 1 rings (SSSR count). The van der Waals surface area contributed by atoms with Crippen LogP contribution in [0.2, 0.25) is 0 Å². The van der Waals surface area contributed by atoms with Crippen LogP contribution in [-0.2, 0) is 13.3 Å². The molecule has 0 aliphatic heterocycles. The van der Waals surface area contributed by atoms with E-state index in [1.807, 2.05) is 44.7 Å². The summed E-state index contributed by atoms with van der Waals surface area (Å²) in [7, 11) is -2.68. The van der Waals surface area contributed by atoms with Gasteiger partial charge in [-0.25, -0.2) is 0 Å². The van der Waals surface area contributed by atoms with Crippen LogP contribution in [0.4, 0.5) is 0 Å². The molecule has 106 valence electrons. The van der Waals surface area contributed by atoms with Crippen LogP contribution in [0.5, 0.6) is 0 Å². The van der Waals surface area contributed by atoms with Gasteiger partial charge in [0, 0.05) is 19.8 Å². The molecule has 0 N–H and O–H groups in total. The van der Waals surface area contributed by atoms with Crippen molar-refractivity contribution in [3.63, 3.8) is 0 Å². The summed E-state index contributed by atoms with van der Waals surface area (Å²) in [5.41, 5.74) is 4.37. The highest BCUT2D eigenvalue weighted by Crippen LogP contribution is 2.16. The minimum Gasteiger partial charge on any atom is -0.371 e. The van der Waals surface area contributed by atoms with E-state index < -0.39 is 8.80 Å². The normalized spacial score (nSPS) is 12.2. The van der Waals surface area contributed by atoms with Crippen LogP contribution >= 0.6 is 0 Å². The number of hydrogen-bond acceptors (Lipinski definition) is 3. The van der Waals surface area contributed by atoms with Crippen LogP contribution in [0.15, 0.2) is 30.0 Å². The molecule has 1 aromatic rings. The second kappa shape index (κ2) is 8.27. The Morgan fingerprint density at radius 1 is 0.947 bits per heavy atom. The van der Waals surface area contributed by atoms with E-state index in [0.717, 1.165) is 0 Å². The van der Waals surface area contributed by atoms with Crippen LogP contribution in [0, 0.1) is 6.92 Å². The minimum absolute atomic E-state index is 0.588. The molecule has 0 saturated carbocycles. The maximum atomic E-state index is 5.78. The Morgan fingerprint density at radius 3 is 1.95 bits per heavy atom. The highest BCUT2D eigenvalue weighted by Gasteiger charge is 2.37. The zero-order valence-corrected chi connectivity index (χ0v) is 13.3. The quantitative estimate of drug-likeness (QED) is 0.681. The molecule has 0 bridgehead atoms. The van der Waals surface area contributed by atoms with Gasteiger partial charge in [-0.05, 0) is 44.5 Å². The molecule has 1 aromatic carbocycles. The van der Waals surface area contributed by atoms with Gasteiger partial charge in [0.25, 0.3) is 0 Å². The fourth-order valence-electron chi connectivity index (χ4n) is 1.84. The fraction of sp³-hybridized carbons (Fsp3) is 0.467. The molecular formula is C15H24O3Si. The second-order valence-electron chi connectivity index (χ2n) is 4.09. The summed E-state index contributed by atoms with van der Waals surface area (Å²) in [6.07, 6.45) is 2.04. The average Bonchev–Trinajstić information content (AvgIpc) is 2.39. The van der Waals surface area contributed by atoms with Gasteiger partial charge >= 0.3 is 8.80 Å². The maximum absolute atomic E-state index is 5.78. The Labute approximate surface area is 117 Å². The minimum atomic E-state index is -2.68. The molecular weight excluding hydrogens is 256 g/mol. The largest absolute Gasteiger partial charge is 0.529 e. The SMILES string of the molecule is CCO[Si](/C=C/c1ccccc1C)(OCC)OCC. The van der Waals surface area contributed by atoms with Gasteiger partial charge in [0.2, 0.25) is 0 Å². The van der Waals surface area contributed by atoms with Crippen molar-refractivity contribution < 1.29 is 13.3 Å². The van der Waals surface area contributed by atoms with E-state index in [1.165, 1.54) is 11.1 Å². The molecule has 3 nitrogen and oxygen atoms in total. The monoisotopic (exact) mass is 280 g/mol.